The van der Waals surface area contributed by atoms with E-state index >= 15 is 0 Å². The van der Waals surface area contributed by atoms with Crippen LogP contribution >= 0.6 is 11.5 Å². The summed E-state index contributed by atoms with van der Waals surface area (Å²) in [5, 5.41) is 1.16. The average Bonchev–Trinajstić information content (AvgIpc) is 2.50. The Balaban J connectivity index is 2.79. The van der Waals surface area contributed by atoms with E-state index in [0.29, 0.717) is 0 Å². The van der Waals surface area contributed by atoms with Gasteiger partial charge in [-0.1, -0.05) is 12.0 Å². The van der Waals surface area contributed by atoms with Gasteiger partial charge in [-0.3, -0.25) is 0 Å². The molecule has 0 N–H and O–H groups in total. The third kappa shape index (κ3) is 0.997. The van der Waals surface area contributed by atoms with E-state index in [2.05, 4.69) is 10.3 Å². The summed E-state index contributed by atoms with van der Waals surface area (Å²) in [7, 11) is 0. The van der Waals surface area contributed by atoms with Gasteiger partial charge >= 0.3 is 0 Å². The highest BCUT2D eigenvalue weighted by molar-refractivity contribution is 7.13. The quantitative estimate of drug-likeness (QED) is 0.537. The summed E-state index contributed by atoms with van der Waals surface area (Å²) in [6.07, 6.45) is 7.09. The van der Waals surface area contributed by atoms with E-state index < -0.39 is 0 Å². The Hall–Kier alpha value is -1.33. The molecule has 0 aliphatic rings. The lowest BCUT2D eigenvalue weighted by Gasteiger charge is -1.88. The summed E-state index contributed by atoms with van der Waals surface area (Å²) in [6.45, 7) is 0. The zero-order chi connectivity index (χ0) is 7.68. The largest absolute Gasteiger partial charge is 0.200 e. The minimum absolute atomic E-state index is 0.918. The molecule has 0 aliphatic heterocycles. The Kier molecular flexibility index (Phi) is 1.38. The maximum absolute atomic E-state index is 5.24. The fourth-order valence-corrected chi connectivity index (χ4v) is 1.64. The first kappa shape index (κ1) is 6.38. The molecule has 0 atom stereocenters. The number of nitrogens with zero attached hydrogens (tertiary/aromatic N) is 1. The Labute approximate surface area is 68.8 Å². The van der Waals surface area contributed by atoms with Gasteiger partial charge in [0.05, 0.1) is 4.70 Å². The van der Waals surface area contributed by atoms with Crippen molar-refractivity contribution in [2.45, 2.75) is 0 Å². The van der Waals surface area contributed by atoms with Crippen molar-refractivity contribution >= 4 is 21.6 Å². The van der Waals surface area contributed by atoms with Crippen LogP contribution in [0.1, 0.15) is 5.56 Å². The number of rotatable bonds is 0. The molecule has 0 fully saturated rings. The Morgan fingerprint density at radius 2 is 2.36 bits per heavy atom. The molecule has 0 aliphatic carbocycles. The second-order valence-electron chi connectivity index (χ2n) is 2.22. The predicted octanol–water partition coefficient (Wildman–Crippen LogP) is 2.28. The second-order valence-corrected chi connectivity index (χ2v) is 3.06. The molecule has 0 amide bonds. The maximum Gasteiger partial charge on any atom is 0.0562 e. The SMILES string of the molecule is C#Cc1ccc2cnsc2c1. The summed E-state index contributed by atoms with van der Waals surface area (Å²) >= 11 is 1.47. The molecule has 1 heterocycles. The van der Waals surface area contributed by atoms with Crippen molar-refractivity contribution in [1.29, 1.82) is 0 Å². The third-order valence-electron chi connectivity index (χ3n) is 1.52. The smallest absolute Gasteiger partial charge is 0.0562 e. The number of hydrogen-bond acceptors (Lipinski definition) is 2. The van der Waals surface area contributed by atoms with E-state index in [9.17, 15) is 0 Å². The van der Waals surface area contributed by atoms with Gasteiger partial charge in [0.2, 0.25) is 0 Å². The van der Waals surface area contributed by atoms with Crippen LogP contribution in [0.2, 0.25) is 0 Å². The van der Waals surface area contributed by atoms with Crippen LogP contribution in [-0.4, -0.2) is 4.37 Å². The number of aromatic nitrogens is 1. The summed E-state index contributed by atoms with van der Waals surface area (Å²) in [4.78, 5) is 0. The fourth-order valence-electron chi connectivity index (χ4n) is 0.950. The Bertz CT molecular complexity index is 422. The van der Waals surface area contributed by atoms with Crippen LogP contribution in [0.3, 0.4) is 0 Å². The standard InChI is InChI=1S/C9H5NS/c1-2-7-3-4-8-6-10-11-9(8)5-7/h1,3-6H. The zero-order valence-electron chi connectivity index (χ0n) is 5.74. The minimum Gasteiger partial charge on any atom is -0.200 e. The van der Waals surface area contributed by atoms with Crippen molar-refractivity contribution in [3.8, 4) is 12.3 Å². The van der Waals surface area contributed by atoms with E-state index in [1.54, 1.807) is 0 Å². The molecule has 11 heavy (non-hydrogen) atoms. The van der Waals surface area contributed by atoms with Crippen molar-refractivity contribution in [1.82, 2.24) is 4.37 Å². The van der Waals surface area contributed by atoms with Gasteiger partial charge < -0.3 is 0 Å². The summed E-state index contributed by atoms with van der Waals surface area (Å²) in [5.41, 5.74) is 0.918. The predicted molar refractivity (Wildman–Crippen MR) is 47.6 cm³/mol. The lowest BCUT2D eigenvalue weighted by atomic mass is 10.2. The van der Waals surface area contributed by atoms with Crippen molar-refractivity contribution in [3.63, 3.8) is 0 Å². The number of fused-ring (bicyclic) bond motifs is 1. The van der Waals surface area contributed by atoms with Gasteiger partial charge in [-0.25, -0.2) is 0 Å². The molecule has 2 rings (SSSR count). The highest BCUT2D eigenvalue weighted by atomic mass is 32.1. The van der Waals surface area contributed by atoms with Crippen LogP contribution in [0.4, 0.5) is 0 Å². The molecule has 0 radical (unpaired) electrons. The van der Waals surface area contributed by atoms with Crippen LogP contribution in [0.5, 0.6) is 0 Å². The van der Waals surface area contributed by atoms with E-state index in [1.165, 1.54) is 11.5 Å². The first-order chi connectivity index (χ1) is 5.40. The van der Waals surface area contributed by atoms with E-state index in [1.807, 2.05) is 24.4 Å². The second kappa shape index (κ2) is 2.37. The summed E-state index contributed by atoms with van der Waals surface area (Å²) in [6, 6.07) is 5.90. The van der Waals surface area contributed by atoms with Gasteiger partial charge in [-0.05, 0) is 23.7 Å². The van der Waals surface area contributed by atoms with Crippen molar-refractivity contribution in [2.24, 2.45) is 0 Å². The topological polar surface area (TPSA) is 12.9 Å². The molecule has 2 aromatic rings. The highest BCUT2D eigenvalue weighted by Crippen LogP contribution is 2.18. The van der Waals surface area contributed by atoms with Crippen molar-refractivity contribution in [2.75, 3.05) is 0 Å². The molecular formula is C9H5NS. The van der Waals surface area contributed by atoms with Gasteiger partial charge in [0.15, 0.2) is 0 Å². The summed E-state index contributed by atoms with van der Waals surface area (Å²) in [5.74, 6) is 2.59. The van der Waals surface area contributed by atoms with Crippen LogP contribution in [0.15, 0.2) is 24.4 Å². The summed E-state index contributed by atoms with van der Waals surface area (Å²) < 4.78 is 5.20. The highest BCUT2D eigenvalue weighted by Gasteiger charge is 1.94. The molecule has 0 bridgehead atoms. The average molecular weight is 159 g/mol. The lowest BCUT2D eigenvalue weighted by Crippen LogP contribution is -1.69. The van der Waals surface area contributed by atoms with Crippen molar-refractivity contribution in [3.05, 3.63) is 30.0 Å². The number of benzene rings is 1. The van der Waals surface area contributed by atoms with E-state index in [-0.39, 0.29) is 0 Å². The van der Waals surface area contributed by atoms with Gasteiger partial charge in [-0.15, -0.1) is 6.42 Å². The monoisotopic (exact) mass is 159 g/mol. The molecule has 0 saturated heterocycles. The normalized spacial score (nSPS) is 9.73. The number of terminal acetylenes is 1. The molecule has 2 heteroatoms. The van der Waals surface area contributed by atoms with Crippen LogP contribution in [0.25, 0.3) is 10.1 Å². The van der Waals surface area contributed by atoms with Gasteiger partial charge in [0, 0.05) is 17.1 Å². The third-order valence-corrected chi connectivity index (χ3v) is 2.28. The molecule has 0 unspecified atom stereocenters. The molecule has 1 aromatic carbocycles. The van der Waals surface area contributed by atoms with E-state index in [4.69, 9.17) is 6.42 Å². The van der Waals surface area contributed by atoms with Gasteiger partial charge in [-0.2, -0.15) is 4.37 Å². The fraction of sp³-hybridized carbons (Fsp3) is 0. The molecule has 1 aromatic heterocycles. The van der Waals surface area contributed by atoms with E-state index in [0.717, 1.165) is 15.6 Å². The van der Waals surface area contributed by atoms with Gasteiger partial charge in [0.1, 0.15) is 0 Å². The Morgan fingerprint density at radius 1 is 1.45 bits per heavy atom. The lowest BCUT2D eigenvalue weighted by molar-refractivity contribution is 1.60. The first-order valence-corrected chi connectivity index (χ1v) is 3.98. The van der Waals surface area contributed by atoms with Crippen LogP contribution < -0.4 is 0 Å². The minimum atomic E-state index is 0.918. The molecular weight excluding hydrogens is 154 g/mol. The van der Waals surface area contributed by atoms with Crippen LogP contribution in [0, 0.1) is 12.3 Å². The molecule has 52 valence electrons. The Morgan fingerprint density at radius 3 is 3.18 bits per heavy atom. The molecule has 0 spiro atoms. The zero-order valence-corrected chi connectivity index (χ0v) is 6.56. The van der Waals surface area contributed by atoms with Crippen molar-refractivity contribution < 1.29 is 0 Å². The number of hydrogen-bond donors (Lipinski definition) is 0. The van der Waals surface area contributed by atoms with Gasteiger partial charge in [0.25, 0.3) is 0 Å². The first-order valence-electron chi connectivity index (χ1n) is 3.21. The van der Waals surface area contributed by atoms with Crippen LogP contribution in [-0.2, 0) is 0 Å². The maximum atomic E-state index is 5.24. The molecule has 1 nitrogen and oxygen atoms in total. The molecule has 0 saturated carbocycles.